The number of benzene rings is 2. The normalized spacial score (nSPS) is 13.4. The SMILES string of the molecule is CCCC(C/C(C)=N\NC)c1ccc(OC)cc1C(=NC)c1ccc(Cl)cc1. The molecule has 1 N–H and O–H groups in total. The van der Waals surface area contributed by atoms with Crippen molar-refractivity contribution >= 4 is 23.0 Å². The van der Waals surface area contributed by atoms with E-state index in [2.05, 4.69) is 41.5 Å². The lowest BCUT2D eigenvalue weighted by atomic mass is 9.84. The highest BCUT2D eigenvalue weighted by Crippen LogP contribution is 2.32. The van der Waals surface area contributed by atoms with Crippen LogP contribution in [0, 0.1) is 0 Å². The van der Waals surface area contributed by atoms with Gasteiger partial charge in [-0.15, -0.1) is 0 Å². The smallest absolute Gasteiger partial charge is 0.119 e. The van der Waals surface area contributed by atoms with E-state index in [0.29, 0.717) is 10.9 Å². The zero-order valence-electron chi connectivity index (χ0n) is 17.4. The summed E-state index contributed by atoms with van der Waals surface area (Å²) in [5.74, 6) is 1.18. The predicted molar refractivity (Wildman–Crippen MR) is 120 cm³/mol. The van der Waals surface area contributed by atoms with Crippen molar-refractivity contribution in [3.8, 4) is 5.75 Å². The summed E-state index contributed by atoms with van der Waals surface area (Å²) in [5.41, 5.74) is 8.33. The van der Waals surface area contributed by atoms with Crippen LogP contribution < -0.4 is 10.2 Å². The topological polar surface area (TPSA) is 46.0 Å². The molecule has 2 aromatic carbocycles. The van der Waals surface area contributed by atoms with Crippen molar-refractivity contribution in [1.29, 1.82) is 0 Å². The van der Waals surface area contributed by atoms with Crippen molar-refractivity contribution < 1.29 is 4.74 Å². The van der Waals surface area contributed by atoms with Crippen LogP contribution in [0.4, 0.5) is 0 Å². The summed E-state index contributed by atoms with van der Waals surface area (Å²) in [6.45, 7) is 4.28. The van der Waals surface area contributed by atoms with Gasteiger partial charge < -0.3 is 10.2 Å². The molecular formula is C23H30ClN3O. The molecule has 0 radical (unpaired) electrons. The Bertz CT molecular complexity index is 828. The van der Waals surface area contributed by atoms with Crippen molar-refractivity contribution in [1.82, 2.24) is 5.43 Å². The molecule has 0 saturated carbocycles. The second-order valence-corrected chi connectivity index (χ2v) is 7.23. The van der Waals surface area contributed by atoms with Crippen molar-refractivity contribution in [2.45, 2.75) is 39.0 Å². The van der Waals surface area contributed by atoms with Gasteiger partial charge in [0.05, 0.1) is 12.8 Å². The predicted octanol–water partition coefficient (Wildman–Crippen LogP) is 5.68. The molecule has 0 saturated heterocycles. The highest BCUT2D eigenvalue weighted by atomic mass is 35.5. The number of halogens is 1. The Labute approximate surface area is 173 Å². The maximum absolute atomic E-state index is 6.08. The number of rotatable bonds is 9. The van der Waals surface area contributed by atoms with Crippen LogP contribution in [-0.4, -0.2) is 32.6 Å². The highest BCUT2D eigenvalue weighted by molar-refractivity contribution is 6.30. The van der Waals surface area contributed by atoms with Crippen molar-refractivity contribution in [2.75, 3.05) is 21.2 Å². The minimum Gasteiger partial charge on any atom is -0.497 e. The van der Waals surface area contributed by atoms with Gasteiger partial charge in [-0.2, -0.15) is 5.10 Å². The van der Waals surface area contributed by atoms with Crippen LogP contribution in [0.15, 0.2) is 52.6 Å². The monoisotopic (exact) mass is 399 g/mol. The van der Waals surface area contributed by atoms with Crippen molar-refractivity contribution in [2.24, 2.45) is 10.1 Å². The van der Waals surface area contributed by atoms with E-state index in [9.17, 15) is 0 Å². The van der Waals surface area contributed by atoms with Crippen molar-refractivity contribution in [3.63, 3.8) is 0 Å². The molecule has 0 aliphatic rings. The van der Waals surface area contributed by atoms with Gasteiger partial charge >= 0.3 is 0 Å². The number of nitrogens with zero attached hydrogens (tertiary/aromatic N) is 2. The van der Waals surface area contributed by atoms with Crippen LogP contribution in [0.3, 0.4) is 0 Å². The first-order valence-corrected chi connectivity index (χ1v) is 10.0. The van der Waals surface area contributed by atoms with Crippen LogP contribution in [-0.2, 0) is 0 Å². The third-order valence-electron chi connectivity index (χ3n) is 4.78. The van der Waals surface area contributed by atoms with E-state index in [4.69, 9.17) is 16.3 Å². The molecule has 1 unspecified atom stereocenters. The molecule has 0 fully saturated rings. The molecule has 1 atom stereocenters. The standard InChI is InChI=1S/C23H30ClN3O/c1-6-7-18(14-16(2)27-26-4)21-13-12-20(28-5)15-22(21)23(25-3)17-8-10-19(24)11-9-17/h8-13,15,18,26H,6-7,14H2,1-5H3/b25-23?,27-16-. The summed E-state index contributed by atoms with van der Waals surface area (Å²) in [4.78, 5) is 4.63. The zero-order valence-corrected chi connectivity index (χ0v) is 18.2. The Hall–Kier alpha value is -2.33. The molecule has 0 aromatic heterocycles. The second-order valence-electron chi connectivity index (χ2n) is 6.79. The maximum Gasteiger partial charge on any atom is 0.119 e. The summed E-state index contributed by atoms with van der Waals surface area (Å²) in [5, 5.41) is 5.08. The Morgan fingerprint density at radius 3 is 2.46 bits per heavy atom. The van der Waals surface area contributed by atoms with Gasteiger partial charge in [-0.25, -0.2) is 0 Å². The summed E-state index contributed by atoms with van der Waals surface area (Å²) in [6.07, 6.45) is 3.07. The molecule has 5 heteroatoms. The fourth-order valence-corrected chi connectivity index (χ4v) is 3.67. The molecule has 150 valence electrons. The van der Waals surface area contributed by atoms with E-state index in [1.54, 1.807) is 7.11 Å². The van der Waals surface area contributed by atoms with Crippen LogP contribution in [0.5, 0.6) is 5.75 Å². The molecular weight excluding hydrogens is 370 g/mol. The van der Waals surface area contributed by atoms with Gasteiger partial charge in [0.1, 0.15) is 5.75 Å². The van der Waals surface area contributed by atoms with E-state index >= 15 is 0 Å². The average Bonchev–Trinajstić information content (AvgIpc) is 2.70. The third kappa shape index (κ3) is 5.59. The van der Waals surface area contributed by atoms with Gasteiger partial charge in [0.25, 0.3) is 0 Å². The number of aliphatic imine (C=N–C) groups is 1. The molecule has 28 heavy (non-hydrogen) atoms. The zero-order chi connectivity index (χ0) is 20.5. The minimum absolute atomic E-state index is 0.354. The summed E-state index contributed by atoms with van der Waals surface area (Å²) >= 11 is 6.08. The van der Waals surface area contributed by atoms with Crippen LogP contribution in [0.2, 0.25) is 5.02 Å². The van der Waals surface area contributed by atoms with Crippen LogP contribution in [0.25, 0.3) is 0 Å². The lowest BCUT2D eigenvalue weighted by molar-refractivity contribution is 0.414. The molecule has 0 bridgehead atoms. The fraction of sp³-hybridized carbons (Fsp3) is 0.391. The largest absolute Gasteiger partial charge is 0.497 e. The number of ether oxygens (including phenoxy) is 1. The molecule has 2 aromatic rings. The molecule has 0 spiro atoms. The molecule has 2 rings (SSSR count). The fourth-order valence-electron chi connectivity index (χ4n) is 3.55. The van der Waals surface area contributed by atoms with Gasteiger partial charge in [0.15, 0.2) is 0 Å². The lowest BCUT2D eigenvalue weighted by Gasteiger charge is -2.22. The Kier molecular flexibility index (Phi) is 8.52. The van der Waals surface area contributed by atoms with E-state index in [0.717, 1.165) is 47.6 Å². The Morgan fingerprint density at radius 2 is 1.89 bits per heavy atom. The van der Waals surface area contributed by atoms with Crippen molar-refractivity contribution in [3.05, 3.63) is 64.2 Å². The number of methoxy groups -OCH3 is 1. The minimum atomic E-state index is 0.354. The van der Waals surface area contributed by atoms with E-state index < -0.39 is 0 Å². The van der Waals surface area contributed by atoms with Gasteiger partial charge in [-0.1, -0.05) is 43.1 Å². The van der Waals surface area contributed by atoms with E-state index in [1.165, 1.54) is 5.56 Å². The first-order valence-electron chi connectivity index (χ1n) is 9.64. The van der Waals surface area contributed by atoms with E-state index in [-0.39, 0.29) is 0 Å². The lowest BCUT2D eigenvalue weighted by Crippen LogP contribution is -2.14. The average molecular weight is 400 g/mol. The van der Waals surface area contributed by atoms with Gasteiger partial charge in [-0.3, -0.25) is 4.99 Å². The van der Waals surface area contributed by atoms with E-state index in [1.807, 2.05) is 44.4 Å². The highest BCUT2D eigenvalue weighted by Gasteiger charge is 2.20. The Balaban J connectivity index is 2.57. The second kappa shape index (κ2) is 10.9. The maximum atomic E-state index is 6.08. The molecule has 0 aliphatic heterocycles. The molecule has 0 aliphatic carbocycles. The van der Waals surface area contributed by atoms with Gasteiger partial charge in [-0.05, 0) is 55.5 Å². The summed E-state index contributed by atoms with van der Waals surface area (Å²) in [6, 6.07) is 14.1. The first-order chi connectivity index (χ1) is 13.5. The number of hydrogen-bond donors (Lipinski definition) is 1. The molecule has 4 nitrogen and oxygen atoms in total. The van der Waals surface area contributed by atoms with Crippen LogP contribution >= 0.6 is 11.6 Å². The number of hydrogen-bond acceptors (Lipinski definition) is 4. The summed E-state index contributed by atoms with van der Waals surface area (Å²) in [7, 11) is 5.35. The molecule has 0 heterocycles. The summed E-state index contributed by atoms with van der Waals surface area (Å²) < 4.78 is 5.51. The van der Waals surface area contributed by atoms with Gasteiger partial charge in [0, 0.05) is 36.0 Å². The Morgan fingerprint density at radius 1 is 1.18 bits per heavy atom. The first kappa shape index (κ1) is 22.0. The molecule has 0 amide bonds. The quantitative estimate of drug-likeness (QED) is 0.435. The third-order valence-corrected chi connectivity index (χ3v) is 5.03. The van der Waals surface area contributed by atoms with Crippen LogP contribution in [0.1, 0.15) is 55.7 Å². The number of nitrogens with one attached hydrogen (secondary N) is 1. The van der Waals surface area contributed by atoms with Gasteiger partial charge in [0.2, 0.25) is 0 Å². The number of hydrazone groups is 1.